The average molecular weight is 259 g/mol. The van der Waals surface area contributed by atoms with E-state index in [1.54, 1.807) is 0 Å². The van der Waals surface area contributed by atoms with Gasteiger partial charge in [-0.05, 0) is 75.1 Å². The lowest BCUT2D eigenvalue weighted by molar-refractivity contribution is 0.230. The molecule has 1 saturated heterocycles. The van der Waals surface area contributed by atoms with Gasteiger partial charge in [0.05, 0.1) is 0 Å². The van der Waals surface area contributed by atoms with E-state index in [0.29, 0.717) is 0 Å². The molecule has 0 atom stereocenters. The number of hydrogen-bond donors (Lipinski definition) is 1. The third-order valence-corrected chi connectivity index (χ3v) is 4.47. The standard InChI is InChI=1S/C16H25N3/c17-16-5-4-14-6-11-19(13-15(14)12-16)10-3-9-18-7-1-2-8-18/h4-5,12H,1-3,6-11,13,17H2. The number of fused-ring (bicyclic) bond motifs is 1. The molecule has 104 valence electrons. The maximum absolute atomic E-state index is 5.88. The molecule has 2 aliphatic rings. The highest BCUT2D eigenvalue weighted by Gasteiger charge is 2.17. The Balaban J connectivity index is 1.48. The molecule has 1 aromatic rings. The second-order valence-corrected chi connectivity index (χ2v) is 5.96. The van der Waals surface area contributed by atoms with E-state index in [2.05, 4.69) is 21.9 Å². The molecule has 19 heavy (non-hydrogen) atoms. The maximum atomic E-state index is 5.88. The van der Waals surface area contributed by atoms with Gasteiger partial charge in [0.25, 0.3) is 0 Å². The van der Waals surface area contributed by atoms with Gasteiger partial charge in [-0.2, -0.15) is 0 Å². The first kappa shape index (κ1) is 12.9. The van der Waals surface area contributed by atoms with Crippen LogP contribution in [-0.4, -0.2) is 42.5 Å². The number of likely N-dealkylation sites (tertiary alicyclic amines) is 1. The van der Waals surface area contributed by atoms with E-state index in [-0.39, 0.29) is 0 Å². The zero-order chi connectivity index (χ0) is 13.1. The molecular formula is C16H25N3. The summed E-state index contributed by atoms with van der Waals surface area (Å²) >= 11 is 0. The second-order valence-electron chi connectivity index (χ2n) is 5.96. The largest absolute Gasteiger partial charge is 0.399 e. The predicted octanol–water partition coefficient (Wildman–Crippen LogP) is 2.11. The van der Waals surface area contributed by atoms with Crippen LogP contribution in [0.1, 0.15) is 30.4 Å². The topological polar surface area (TPSA) is 32.5 Å². The smallest absolute Gasteiger partial charge is 0.0317 e. The van der Waals surface area contributed by atoms with Gasteiger partial charge in [0.15, 0.2) is 0 Å². The molecule has 3 rings (SSSR count). The fraction of sp³-hybridized carbons (Fsp3) is 0.625. The molecule has 0 unspecified atom stereocenters. The Kier molecular flexibility index (Phi) is 4.04. The van der Waals surface area contributed by atoms with Crippen LogP contribution in [0, 0.1) is 0 Å². The van der Waals surface area contributed by atoms with Gasteiger partial charge < -0.3 is 10.6 Å². The molecule has 3 heteroatoms. The summed E-state index contributed by atoms with van der Waals surface area (Å²) in [5.41, 5.74) is 9.71. The van der Waals surface area contributed by atoms with Crippen molar-refractivity contribution in [3.05, 3.63) is 29.3 Å². The quantitative estimate of drug-likeness (QED) is 0.841. The van der Waals surface area contributed by atoms with Crippen LogP contribution >= 0.6 is 0 Å². The number of nitrogens with two attached hydrogens (primary N) is 1. The van der Waals surface area contributed by atoms with Gasteiger partial charge in [0, 0.05) is 18.8 Å². The van der Waals surface area contributed by atoms with Crippen LogP contribution in [0.4, 0.5) is 5.69 Å². The summed E-state index contributed by atoms with van der Waals surface area (Å²) in [5, 5.41) is 0. The highest BCUT2D eigenvalue weighted by Crippen LogP contribution is 2.21. The zero-order valence-corrected chi connectivity index (χ0v) is 11.8. The van der Waals surface area contributed by atoms with Crippen molar-refractivity contribution in [1.29, 1.82) is 0 Å². The van der Waals surface area contributed by atoms with Crippen LogP contribution in [0.2, 0.25) is 0 Å². The van der Waals surface area contributed by atoms with Crippen molar-refractivity contribution in [3.8, 4) is 0 Å². The number of anilines is 1. The Labute approximate surface area is 116 Å². The maximum Gasteiger partial charge on any atom is 0.0317 e. The zero-order valence-electron chi connectivity index (χ0n) is 11.8. The lowest BCUT2D eigenvalue weighted by atomic mass is 9.99. The summed E-state index contributed by atoms with van der Waals surface area (Å²) in [5.74, 6) is 0. The fourth-order valence-electron chi connectivity index (χ4n) is 3.35. The van der Waals surface area contributed by atoms with Gasteiger partial charge in [0.2, 0.25) is 0 Å². The Hall–Kier alpha value is -1.06. The number of hydrogen-bond acceptors (Lipinski definition) is 3. The van der Waals surface area contributed by atoms with Crippen LogP contribution in [0.25, 0.3) is 0 Å². The minimum Gasteiger partial charge on any atom is -0.399 e. The Bertz CT molecular complexity index is 424. The van der Waals surface area contributed by atoms with Gasteiger partial charge in [0.1, 0.15) is 0 Å². The van der Waals surface area contributed by atoms with E-state index >= 15 is 0 Å². The third-order valence-electron chi connectivity index (χ3n) is 4.47. The van der Waals surface area contributed by atoms with Crippen molar-refractivity contribution >= 4 is 5.69 Å². The van der Waals surface area contributed by atoms with Crippen LogP contribution in [0.15, 0.2) is 18.2 Å². The summed E-state index contributed by atoms with van der Waals surface area (Å²) in [6.07, 6.45) is 5.28. The first-order chi connectivity index (χ1) is 9.31. The number of benzene rings is 1. The van der Waals surface area contributed by atoms with Crippen LogP contribution in [0.3, 0.4) is 0 Å². The summed E-state index contributed by atoms with van der Waals surface area (Å²) in [6, 6.07) is 6.38. The molecule has 0 saturated carbocycles. The number of nitrogens with zero attached hydrogens (tertiary/aromatic N) is 2. The van der Waals surface area contributed by atoms with Crippen molar-refractivity contribution in [2.45, 2.75) is 32.2 Å². The third kappa shape index (κ3) is 3.28. The molecular weight excluding hydrogens is 234 g/mol. The summed E-state index contributed by atoms with van der Waals surface area (Å²) in [4.78, 5) is 5.19. The normalized spacial score (nSPS) is 20.6. The van der Waals surface area contributed by atoms with Crippen LogP contribution in [-0.2, 0) is 13.0 Å². The van der Waals surface area contributed by atoms with Crippen molar-refractivity contribution in [1.82, 2.24) is 9.80 Å². The molecule has 3 nitrogen and oxygen atoms in total. The first-order valence-corrected chi connectivity index (χ1v) is 7.63. The van der Waals surface area contributed by atoms with Crippen molar-refractivity contribution in [3.63, 3.8) is 0 Å². The van der Waals surface area contributed by atoms with Crippen LogP contribution in [0.5, 0.6) is 0 Å². The highest BCUT2D eigenvalue weighted by atomic mass is 15.2. The molecule has 0 aliphatic carbocycles. The Morgan fingerprint density at radius 1 is 0.947 bits per heavy atom. The van der Waals surface area contributed by atoms with Gasteiger partial charge in [-0.1, -0.05) is 6.07 Å². The average Bonchev–Trinajstić information content (AvgIpc) is 2.91. The number of nitrogen functional groups attached to an aromatic ring is 1. The van der Waals surface area contributed by atoms with Crippen molar-refractivity contribution < 1.29 is 0 Å². The summed E-state index contributed by atoms with van der Waals surface area (Å²) < 4.78 is 0. The minimum absolute atomic E-state index is 0.901. The Morgan fingerprint density at radius 2 is 1.74 bits per heavy atom. The van der Waals surface area contributed by atoms with Gasteiger partial charge in [-0.25, -0.2) is 0 Å². The highest BCUT2D eigenvalue weighted by molar-refractivity contribution is 5.45. The molecule has 0 bridgehead atoms. The molecule has 0 spiro atoms. The second kappa shape index (κ2) is 5.93. The van der Waals surface area contributed by atoms with Crippen LogP contribution < -0.4 is 5.73 Å². The lowest BCUT2D eigenvalue weighted by Gasteiger charge is -2.29. The van der Waals surface area contributed by atoms with E-state index in [9.17, 15) is 0 Å². The first-order valence-electron chi connectivity index (χ1n) is 7.63. The van der Waals surface area contributed by atoms with Gasteiger partial charge >= 0.3 is 0 Å². The van der Waals surface area contributed by atoms with E-state index in [1.165, 1.54) is 69.5 Å². The van der Waals surface area contributed by atoms with Crippen molar-refractivity contribution in [2.75, 3.05) is 38.5 Å². The molecule has 2 aliphatic heterocycles. The number of rotatable bonds is 4. The monoisotopic (exact) mass is 259 g/mol. The van der Waals surface area contributed by atoms with E-state index < -0.39 is 0 Å². The van der Waals surface area contributed by atoms with Crippen molar-refractivity contribution in [2.24, 2.45) is 0 Å². The predicted molar refractivity (Wildman–Crippen MR) is 80.1 cm³/mol. The lowest BCUT2D eigenvalue weighted by Crippen LogP contribution is -2.33. The summed E-state index contributed by atoms with van der Waals surface area (Å²) in [6.45, 7) is 7.43. The molecule has 1 aromatic carbocycles. The molecule has 2 N–H and O–H groups in total. The molecule has 0 radical (unpaired) electrons. The minimum atomic E-state index is 0.901. The molecule has 1 fully saturated rings. The fourth-order valence-corrected chi connectivity index (χ4v) is 3.35. The SMILES string of the molecule is Nc1ccc2c(c1)CN(CCCN1CCCC1)CC2. The van der Waals surface area contributed by atoms with Gasteiger partial charge in [-0.15, -0.1) is 0 Å². The van der Waals surface area contributed by atoms with E-state index in [4.69, 9.17) is 5.73 Å². The van der Waals surface area contributed by atoms with E-state index in [1.807, 2.05) is 6.07 Å². The molecule has 0 amide bonds. The van der Waals surface area contributed by atoms with E-state index in [0.717, 1.165) is 12.2 Å². The Morgan fingerprint density at radius 3 is 2.58 bits per heavy atom. The molecule has 0 aromatic heterocycles. The van der Waals surface area contributed by atoms with Gasteiger partial charge in [-0.3, -0.25) is 4.90 Å². The summed E-state index contributed by atoms with van der Waals surface area (Å²) in [7, 11) is 0. The molecule has 2 heterocycles.